The molecule has 0 aromatic rings. The van der Waals surface area contributed by atoms with Crippen LogP contribution in [-0.4, -0.2) is 43.7 Å². The first-order valence-electron chi connectivity index (χ1n) is 5.16. The Kier molecular flexibility index (Phi) is 7.42. The molecule has 1 atom stereocenters. The monoisotopic (exact) mass is 202 g/mol. The van der Waals surface area contributed by atoms with E-state index < -0.39 is 6.04 Å². The van der Waals surface area contributed by atoms with Crippen LogP contribution in [0.15, 0.2) is 0 Å². The third-order valence-corrected chi connectivity index (χ3v) is 2.05. The average molecular weight is 202 g/mol. The van der Waals surface area contributed by atoms with E-state index in [4.69, 9.17) is 10.5 Å². The highest BCUT2D eigenvalue weighted by atomic mass is 16.5. The molecule has 4 nitrogen and oxygen atoms in total. The Bertz CT molecular complexity index is 152. The van der Waals surface area contributed by atoms with Gasteiger partial charge in [-0.15, -0.1) is 0 Å². The highest BCUT2D eigenvalue weighted by Gasteiger charge is 2.15. The summed E-state index contributed by atoms with van der Waals surface area (Å²) in [5.41, 5.74) is 5.55. The Labute approximate surface area is 86.4 Å². The molecular weight excluding hydrogens is 180 g/mol. The Morgan fingerprint density at radius 1 is 1.50 bits per heavy atom. The number of rotatable bonds is 7. The molecule has 0 radical (unpaired) electrons. The van der Waals surface area contributed by atoms with Crippen LogP contribution in [-0.2, 0) is 9.53 Å². The molecule has 0 aliphatic heterocycles. The van der Waals surface area contributed by atoms with Gasteiger partial charge in [-0.05, 0) is 13.3 Å². The molecule has 0 spiro atoms. The van der Waals surface area contributed by atoms with Crippen LogP contribution >= 0.6 is 0 Å². The van der Waals surface area contributed by atoms with E-state index in [0.717, 1.165) is 19.4 Å². The summed E-state index contributed by atoms with van der Waals surface area (Å²) in [5.74, 6) is 0.00972. The Balaban J connectivity index is 4.01. The summed E-state index contributed by atoms with van der Waals surface area (Å²) in [6.07, 6.45) is 2.10. The Morgan fingerprint density at radius 3 is 2.57 bits per heavy atom. The number of carbonyl (C=O) groups is 1. The first-order valence-corrected chi connectivity index (χ1v) is 5.16. The van der Waals surface area contributed by atoms with Gasteiger partial charge in [0, 0.05) is 20.2 Å². The SMILES string of the molecule is CCCCN(CCOC)C(=O)[C@H](C)N. The molecule has 2 N–H and O–H groups in total. The van der Waals surface area contributed by atoms with E-state index in [1.54, 1.807) is 18.9 Å². The van der Waals surface area contributed by atoms with Gasteiger partial charge in [-0.3, -0.25) is 4.79 Å². The lowest BCUT2D eigenvalue weighted by molar-refractivity contribution is -0.132. The van der Waals surface area contributed by atoms with Crippen molar-refractivity contribution in [3.05, 3.63) is 0 Å². The molecule has 0 heterocycles. The van der Waals surface area contributed by atoms with Gasteiger partial charge in [0.25, 0.3) is 0 Å². The quantitative estimate of drug-likeness (QED) is 0.658. The molecule has 0 bridgehead atoms. The predicted molar refractivity (Wildman–Crippen MR) is 57.0 cm³/mol. The lowest BCUT2D eigenvalue weighted by atomic mass is 10.2. The smallest absolute Gasteiger partial charge is 0.239 e. The molecule has 84 valence electrons. The van der Waals surface area contributed by atoms with E-state index in [-0.39, 0.29) is 5.91 Å². The fourth-order valence-electron chi connectivity index (χ4n) is 1.17. The van der Waals surface area contributed by atoms with Crippen molar-refractivity contribution in [2.45, 2.75) is 32.7 Å². The molecular formula is C10H22N2O2. The number of ether oxygens (including phenoxy) is 1. The molecule has 14 heavy (non-hydrogen) atoms. The van der Waals surface area contributed by atoms with Crippen molar-refractivity contribution in [2.24, 2.45) is 5.73 Å². The maximum atomic E-state index is 11.6. The molecule has 0 saturated heterocycles. The van der Waals surface area contributed by atoms with Crippen molar-refractivity contribution in [3.8, 4) is 0 Å². The van der Waals surface area contributed by atoms with Crippen molar-refractivity contribution in [1.82, 2.24) is 4.90 Å². The number of methoxy groups -OCH3 is 1. The van der Waals surface area contributed by atoms with E-state index in [1.165, 1.54) is 0 Å². The number of nitrogens with zero attached hydrogens (tertiary/aromatic N) is 1. The zero-order valence-corrected chi connectivity index (χ0v) is 9.45. The van der Waals surface area contributed by atoms with Crippen LogP contribution in [0.4, 0.5) is 0 Å². The van der Waals surface area contributed by atoms with Gasteiger partial charge in [0.2, 0.25) is 5.91 Å². The van der Waals surface area contributed by atoms with E-state index in [9.17, 15) is 4.79 Å². The molecule has 1 amide bonds. The van der Waals surface area contributed by atoms with Gasteiger partial charge >= 0.3 is 0 Å². The van der Waals surface area contributed by atoms with Crippen LogP contribution in [0.1, 0.15) is 26.7 Å². The number of hydrogen-bond acceptors (Lipinski definition) is 3. The van der Waals surface area contributed by atoms with Gasteiger partial charge < -0.3 is 15.4 Å². The number of nitrogens with two attached hydrogens (primary N) is 1. The van der Waals surface area contributed by atoms with E-state index in [0.29, 0.717) is 13.2 Å². The number of amides is 1. The van der Waals surface area contributed by atoms with Crippen molar-refractivity contribution in [3.63, 3.8) is 0 Å². The predicted octanol–water partition coefficient (Wildman–Crippen LogP) is 0.609. The van der Waals surface area contributed by atoms with Crippen LogP contribution < -0.4 is 5.73 Å². The molecule has 0 aromatic heterocycles. The fraction of sp³-hybridized carbons (Fsp3) is 0.900. The highest BCUT2D eigenvalue weighted by molar-refractivity contribution is 5.81. The van der Waals surface area contributed by atoms with Crippen molar-refractivity contribution < 1.29 is 9.53 Å². The van der Waals surface area contributed by atoms with Gasteiger partial charge in [0.05, 0.1) is 12.6 Å². The summed E-state index contributed by atoms with van der Waals surface area (Å²) < 4.78 is 4.95. The summed E-state index contributed by atoms with van der Waals surface area (Å²) in [6, 6.07) is -0.413. The number of unbranched alkanes of at least 4 members (excludes halogenated alkanes) is 1. The van der Waals surface area contributed by atoms with Crippen LogP contribution in [0.3, 0.4) is 0 Å². The maximum absolute atomic E-state index is 11.6. The Hall–Kier alpha value is -0.610. The van der Waals surface area contributed by atoms with Crippen molar-refractivity contribution in [2.75, 3.05) is 26.8 Å². The largest absolute Gasteiger partial charge is 0.383 e. The van der Waals surface area contributed by atoms with E-state index >= 15 is 0 Å². The molecule has 4 heteroatoms. The summed E-state index contributed by atoms with van der Waals surface area (Å²) >= 11 is 0. The first-order chi connectivity index (χ1) is 6.63. The lowest BCUT2D eigenvalue weighted by Crippen LogP contribution is -2.43. The lowest BCUT2D eigenvalue weighted by Gasteiger charge is -2.23. The third kappa shape index (κ3) is 5.19. The van der Waals surface area contributed by atoms with Crippen LogP contribution in [0, 0.1) is 0 Å². The minimum Gasteiger partial charge on any atom is -0.383 e. The Morgan fingerprint density at radius 2 is 2.14 bits per heavy atom. The molecule has 0 unspecified atom stereocenters. The van der Waals surface area contributed by atoms with Crippen molar-refractivity contribution in [1.29, 1.82) is 0 Å². The van der Waals surface area contributed by atoms with Crippen LogP contribution in [0.25, 0.3) is 0 Å². The second-order valence-corrected chi connectivity index (χ2v) is 3.46. The topological polar surface area (TPSA) is 55.6 Å². The average Bonchev–Trinajstić information content (AvgIpc) is 2.17. The molecule has 0 rings (SSSR count). The molecule has 0 saturated carbocycles. The fourth-order valence-corrected chi connectivity index (χ4v) is 1.17. The zero-order chi connectivity index (χ0) is 11.0. The molecule has 0 aromatic carbocycles. The summed E-state index contributed by atoms with van der Waals surface area (Å²) in [7, 11) is 1.63. The number of carbonyl (C=O) groups excluding carboxylic acids is 1. The minimum atomic E-state index is -0.413. The summed E-state index contributed by atoms with van der Waals surface area (Å²) in [5, 5.41) is 0. The third-order valence-electron chi connectivity index (χ3n) is 2.05. The molecule has 0 aliphatic carbocycles. The minimum absolute atomic E-state index is 0.00972. The van der Waals surface area contributed by atoms with Gasteiger partial charge in [0.15, 0.2) is 0 Å². The van der Waals surface area contributed by atoms with Gasteiger partial charge in [-0.2, -0.15) is 0 Å². The normalized spacial score (nSPS) is 12.6. The van der Waals surface area contributed by atoms with Crippen molar-refractivity contribution >= 4 is 5.91 Å². The second kappa shape index (κ2) is 7.76. The summed E-state index contributed by atoms with van der Waals surface area (Å²) in [4.78, 5) is 13.4. The molecule has 0 fully saturated rings. The number of hydrogen-bond donors (Lipinski definition) is 1. The van der Waals surface area contributed by atoms with Crippen LogP contribution in [0.5, 0.6) is 0 Å². The van der Waals surface area contributed by atoms with Crippen LogP contribution in [0.2, 0.25) is 0 Å². The molecule has 0 aliphatic rings. The standard InChI is InChI=1S/C10H22N2O2/c1-4-5-6-12(7-8-14-3)10(13)9(2)11/h9H,4-8,11H2,1-3H3/t9-/m0/s1. The van der Waals surface area contributed by atoms with Gasteiger partial charge in [-0.25, -0.2) is 0 Å². The second-order valence-electron chi connectivity index (χ2n) is 3.46. The van der Waals surface area contributed by atoms with Gasteiger partial charge in [0.1, 0.15) is 0 Å². The van der Waals surface area contributed by atoms with E-state index in [2.05, 4.69) is 6.92 Å². The maximum Gasteiger partial charge on any atom is 0.239 e. The zero-order valence-electron chi connectivity index (χ0n) is 9.45. The van der Waals surface area contributed by atoms with E-state index in [1.807, 2.05) is 0 Å². The van der Waals surface area contributed by atoms with Gasteiger partial charge in [-0.1, -0.05) is 13.3 Å². The summed E-state index contributed by atoms with van der Waals surface area (Å²) in [6.45, 7) is 5.80. The highest BCUT2D eigenvalue weighted by Crippen LogP contribution is 1.98. The first kappa shape index (κ1) is 13.4.